The van der Waals surface area contributed by atoms with Crippen molar-refractivity contribution in [1.29, 1.82) is 5.26 Å². The average molecular weight is 397 g/mol. The van der Waals surface area contributed by atoms with Crippen LogP contribution in [-0.2, 0) is 0 Å². The lowest BCUT2D eigenvalue weighted by Crippen LogP contribution is -2.12. The van der Waals surface area contributed by atoms with Crippen molar-refractivity contribution < 1.29 is 0 Å². The molecule has 102 valence electrons. The molecule has 0 heterocycles. The number of nitrogens with one attached hydrogen (secondary N) is 1. The van der Waals surface area contributed by atoms with Gasteiger partial charge in [-0.2, -0.15) is 5.26 Å². The normalized spacial score (nSPS) is 11.7. The Labute approximate surface area is 137 Å². The maximum atomic E-state index is 9.19. The molecular weight excluding hydrogens is 383 g/mol. The number of alkyl halides is 1. The number of hydrogen-bond donors (Lipinski definition) is 1. The summed E-state index contributed by atoms with van der Waals surface area (Å²) in [4.78, 5) is 0. The fourth-order valence-electron chi connectivity index (χ4n) is 2.04. The Balaban J connectivity index is 2.29. The molecule has 0 fully saturated rings. The molecule has 0 aliphatic heterocycles. The topological polar surface area (TPSA) is 35.8 Å². The summed E-state index contributed by atoms with van der Waals surface area (Å²) in [6.07, 6.45) is 0.988. The molecule has 0 saturated heterocycles. The molecule has 2 rings (SSSR count). The Morgan fingerprint density at radius 1 is 1.20 bits per heavy atom. The molecule has 0 amide bonds. The number of halogens is 2. The standard InChI is InChI=1S/C16H14ClIN2/c17-14-7-6-13(11-19)16(10-14)20-15(8-9-18)12-4-2-1-3-5-12/h1-7,10,15,20H,8-9H2. The molecule has 2 aromatic rings. The Bertz CT molecular complexity index is 608. The molecule has 0 saturated carbocycles. The highest BCUT2D eigenvalue weighted by molar-refractivity contribution is 14.1. The van der Waals surface area contributed by atoms with Crippen LogP contribution in [0.4, 0.5) is 5.69 Å². The van der Waals surface area contributed by atoms with Crippen LogP contribution in [0.3, 0.4) is 0 Å². The minimum absolute atomic E-state index is 0.179. The van der Waals surface area contributed by atoms with E-state index in [1.807, 2.05) is 24.3 Å². The molecule has 4 heteroatoms. The lowest BCUT2D eigenvalue weighted by atomic mass is 10.0. The predicted molar refractivity (Wildman–Crippen MR) is 92.5 cm³/mol. The van der Waals surface area contributed by atoms with Gasteiger partial charge >= 0.3 is 0 Å². The Morgan fingerprint density at radius 2 is 1.95 bits per heavy atom. The molecular formula is C16H14ClIN2. The van der Waals surface area contributed by atoms with E-state index in [4.69, 9.17) is 11.6 Å². The van der Waals surface area contributed by atoms with Crippen LogP contribution < -0.4 is 5.32 Å². The molecule has 1 unspecified atom stereocenters. The smallest absolute Gasteiger partial charge is 0.101 e. The molecule has 2 aromatic carbocycles. The first-order valence-electron chi connectivity index (χ1n) is 6.31. The first kappa shape index (κ1) is 15.1. The highest BCUT2D eigenvalue weighted by Crippen LogP contribution is 2.27. The molecule has 0 aliphatic rings. The van der Waals surface area contributed by atoms with Gasteiger partial charge < -0.3 is 5.32 Å². The number of nitriles is 1. The third-order valence-electron chi connectivity index (χ3n) is 3.03. The molecule has 0 aliphatic carbocycles. The maximum Gasteiger partial charge on any atom is 0.101 e. The van der Waals surface area contributed by atoms with E-state index in [1.54, 1.807) is 12.1 Å². The van der Waals surface area contributed by atoms with Gasteiger partial charge in [-0.3, -0.25) is 0 Å². The van der Waals surface area contributed by atoms with Gasteiger partial charge in [-0.15, -0.1) is 0 Å². The van der Waals surface area contributed by atoms with Crippen LogP contribution in [0.2, 0.25) is 5.02 Å². The highest BCUT2D eigenvalue weighted by atomic mass is 127. The largest absolute Gasteiger partial charge is 0.377 e. The van der Waals surface area contributed by atoms with Gasteiger partial charge in [-0.25, -0.2) is 0 Å². The Kier molecular flexibility index (Phi) is 5.69. The number of benzene rings is 2. The van der Waals surface area contributed by atoms with Crippen LogP contribution in [0.1, 0.15) is 23.6 Å². The number of anilines is 1. The second kappa shape index (κ2) is 7.51. The molecule has 1 atom stereocenters. The second-order valence-corrected chi connectivity index (χ2v) is 5.90. The van der Waals surface area contributed by atoms with Gasteiger partial charge in [0, 0.05) is 9.45 Å². The summed E-state index contributed by atoms with van der Waals surface area (Å²) in [5.41, 5.74) is 2.62. The first-order chi connectivity index (χ1) is 9.74. The molecule has 0 bridgehead atoms. The first-order valence-corrected chi connectivity index (χ1v) is 8.22. The van der Waals surface area contributed by atoms with Gasteiger partial charge in [-0.1, -0.05) is 64.5 Å². The molecule has 0 spiro atoms. The van der Waals surface area contributed by atoms with Crippen LogP contribution in [0.25, 0.3) is 0 Å². The minimum Gasteiger partial charge on any atom is -0.377 e. The van der Waals surface area contributed by atoms with E-state index in [9.17, 15) is 5.26 Å². The molecule has 2 nitrogen and oxygen atoms in total. The van der Waals surface area contributed by atoms with Gasteiger partial charge in [0.15, 0.2) is 0 Å². The summed E-state index contributed by atoms with van der Waals surface area (Å²) >= 11 is 8.40. The van der Waals surface area contributed by atoms with E-state index in [0.29, 0.717) is 10.6 Å². The third kappa shape index (κ3) is 3.87. The van der Waals surface area contributed by atoms with E-state index in [0.717, 1.165) is 16.5 Å². The zero-order valence-corrected chi connectivity index (χ0v) is 13.7. The van der Waals surface area contributed by atoms with E-state index in [1.165, 1.54) is 5.56 Å². The van der Waals surface area contributed by atoms with Gasteiger partial charge in [0.1, 0.15) is 6.07 Å². The van der Waals surface area contributed by atoms with Crippen molar-refractivity contribution in [2.75, 3.05) is 9.74 Å². The van der Waals surface area contributed by atoms with E-state index < -0.39 is 0 Å². The maximum absolute atomic E-state index is 9.19. The lowest BCUT2D eigenvalue weighted by Gasteiger charge is -2.20. The second-order valence-electron chi connectivity index (χ2n) is 4.39. The van der Waals surface area contributed by atoms with Crippen molar-refractivity contribution >= 4 is 39.9 Å². The summed E-state index contributed by atoms with van der Waals surface area (Å²) < 4.78 is 1.03. The van der Waals surface area contributed by atoms with Gasteiger partial charge in [0.25, 0.3) is 0 Å². The minimum atomic E-state index is 0.179. The van der Waals surface area contributed by atoms with Crippen molar-refractivity contribution in [3.05, 3.63) is 64.7 Å². The van der Waals surface area contributed by atoms with Gasteiger partial charge in [0.05, 0.1) is 17.3 Å². The van der Waals surface area contributed by atoms with Crippen LogP contribution in [0.5, 0.6) is 0 Å². The van der Waals surface area contributed by atoms with Crippen molar-refractivity contribution in [3.63, 3.8) is 0 Å². The summed E-state index contributed by atoms with van der Waals surface area (Å²) in [7, 11) is 0. The number of hydrogen-bond acceptors (Lipinski definition) is 2. The Hall–Kier alpha value is -1.25. The summed E-state index contributed by atoms with van der Waals surface area (Å²) in [6.45, 7) is 0. The quantitative estimate of drug-likeness (QED) is 0.558. The average Bonchev–Trinajstić information content (AvgIpc) is 2.48. The highest BCUT2D eigenvalue weighted by Gasteiger charge is 2.12. The number of nitrogens with zero attached hydrogens (tertiary/aromatic N) is 1. The monoisotopic (exact) mass is 396 g/mol. The van der Waals surface area contributed by atoms with Crippen molar-refractivity contribution in [1.82, 2.24) is 0 Å². The fourth-order valence-corrected chi connectivity index (χ4v) is 2.83. The SMILES string of the molecule is N#Cc1ccc(Cl)cc1NC(CCI)c1ccccc1. The summed E-state index contributed by atoms with van der Waals surface area (Å²) in [5, 5.41) is 13.3. The summed E-state index contributed by atoms with van der Waals surface area (Å²) in [6, 6.07) is 17.9. The van der Waals surface area contributed by atoms with Gasteiger partial charge in [0.2, 0.25) is 0 Å². The van der Waals surface area contributed by atoms with Crippen LogP contribution in [-0.4, -0.2) is 4.43 Å². The van der Waals surface area contributed by atoms with Crippen molar-refractivity contribution in [3.8, 4) is 6.07 Å². The zero-order chi connectivity index (χ0) is 14.4. The summed E-state index contributed by atoms with van der Waals surface area (Å²) in [5.74, 6) is 0. The molecule has 0 radical (unpaired) electrons. The van der Waals surface area contributed by atoms with E-state index >= 15 is 0 Å². The predicted octanol–water partition coefficient (Wildman–Crippen LogP) is 5.19. The van der Waals surface area contributed by atoms with Crippen molar-refractivity contribution in [2.45, 2.75) is 12.5 Å². The van der Waals surface area contributed by atoms with Crippen LogP contribution in [0.15, 0.2) is 48.5 Å². The number of rotatable bonds is 5. The van der Waals surface area contributed by atoms with Crippen LogP contribution >= 0.6 is 34.2 Å². The fraction of sp³-hybridized carbons (Fsp3) is 0.188. The molecule has 1 N–H and O–H groups in total. The van der Waals surface area contributed by atoms with Gasteiger partial charge in [-0.05, 0) is 30.2 Å². The van der Waals surface area contributed by atoms with E-state index in [-0.39, 0.29) is 6.04 Å². The van der Waals surface area contributed by atoms with Crippen molar-refractivity contribution in [2.24, 2.45) is 0 Å². The third-order valence-corrected chi connectivity index (χ3v) is 3.89. The lowest BCUT2D eigenvalue weighted by molar-refractivity contribution is 0.763. The zero-order valence-electron chi connectivity index (χ0n) is 10.8. The molecule has 20 heavy (non-hydrogen) atoms. The van der Waals surface area contributed by atoms with Crippen LogP contribution in [0, 0.1) is 11.3 Å². The molecule has 0 aromatic heterocycles. The Morgan fingerprint density at radius 3 is 2.60 bits per heavy atom. The van der Waals surface area contributed by atoms with E-state index in [2.05, 4.69) is 46.1 Å².